The molecule has 0 saturated carbocycles. The summed E-state index contributed by atoms with van der Waals surface area (Å²) < 4.78 is 68.4. The number of hydrogen-bond donors (Lipinski definition) is 2. The third-order valence-corrected chi connectivity index (χ3v) is 8.34. The van der Waals surface area contributed by atoms with Gasteiger partial charge in [-0.25, -0.2) is 0 Å². The van der Waals surface area contributed by atoms with Crippen molar-refractivity contribution in [3.05, 3.63) is 55.9 Å². The van der Waals surface area contributed by atoms with Crippen LogP contribution in [-0.2, 0) is 26.1 Å². The number of anilines is 1. The van der Waals surface area contributed by atoms with Gasteiger partial charge in [0, 0.05) is 20.5 Å². The van der Waals surface area contributed by atoms with E-state index in [0.717, 1.165) is 14.1 Å². The lowest BCUT2D eigenvalue weighted by atomic mass is 10.3. The standard InChI is InChI=1S/C17H12BrClN2O6S4/c18-10-1-3-14-12(5-10)20(8-30(22,23)24)16(28-14)7-17-21(9-31(25,26)27)13-6-11(19)2-4-15(13)29-17/h1-7H,8-9H2,(H-,22,23,24,25,26,27)/p+1. The van der Waals surface area contributed by atoms with Crippen LogP contribution in [0.2, 0.25) is 5.02 Å². The normalized spacial score (nSPS) is 15.7. The molecule has 1 aliphatic heterocycles. The molecular weight excluding hydrogens is 572 g/mol. The van der Waals surface area contributed by atoms with Gasteiger partial charge in [-0.05, 0) is 30.3 Å². The molecule has 0 unspecified atom stereocenters. The van der Waals surface area contributed by atoms with Gasteiger partial charge in [-0.2, -0.15) is 21.4 Å². The first kappa shape index (κ1) is 23.0. The fraction of sp³-hybridized carbons (Fsp3) is 0.118. The highest BCUT2D eigenvalue weighted by atomic mass is 79.9. The molecule has 0 spiro atoms. The zero-order valence-corrected chi connectivity index (χ0v) is 20.9. The molecule has 0 amide bonds. The Morgan fingerprint density at radius 3 is 2.52 bits per heavy atom. The number of hydrogen-bond acceptors (Lipinski definition) is 7. The summed E-state index contributed by atoms with van der Waals surface area (Å²) in [5, 5.41) is 1.31. The first-order valence-electron chi connectivity index (χ1n) is 8.38. The van der Waals surface area contributed by atoms with Crippen molar-refractivity contribution in [2.75, 3.05) is 10.8 Å². The maximum Gasteiger partial charge on any atom is 0.326 e. The zero-order chi connectivity index (χ0) is 22.6. The van der Waals surface area contributed by atoms with Crippen molar-refractivity contribution < 1.29 is 30.5 Å². The number of halogens is 2. The smallest absolute Gasteiger partial charge is 0.317 e. The van der Waals surface area contributed by atoms with Crippen LogP contribution in [0.25, 0.3) is 16.3 Å². The number of nitrogens with zero attached hydrogens (tertiary/aromatic N) is 2. The molecule has 31 heavy (non-hydrogen) atoms. The molecule has 8 nitrogen and oxygen atoms in total. The van der Waals surface area contributed by atoms with Gasteiger partial charge in [0.25, 0.3) is 21.0 Å². The van der Waals surface area contributed by atoms with Gasteiger partial charge >= 0.3 is 10.1 Å². The van der Waals surface area contributed by atoms with Crippen LogP contribution in [0, 0.1) is 0 Å². The molecule has 0 bridgehead atoms. The van der Waals surface area contributed by atoms with E-state index in [0.29, 0.717) is 26.3 Å². The van der Waals surface area contributed by atoms with Crippen molar-refractivity contribution in [1.82, 2.24) is 0 Å². The molecule has 0 aliphatic carbocycles. The number of rotatable bonds is 5. The van der Waals surface area contributed by atoms with Gasteiger partial charge in [0.05, 0.1) is 16.8 Å². The van der Waals surface area contributed by atoms with Crippen molar-refractivity contribution in [1.29, 1.82) is 0 Å². The Morgan fingerprint density at radius 2 is 1.84 bits per heavy atom. The molecule has 0 fully saturated rings. The second-order valence-electron chi connectivity index (χ2n) is 6.53. The largest absolute Gasteiger partial charge is 0.326 e. The van der Waals surface area contributed by atoms with Crippen LogP contribution in [-0.4, -0.2) is 31.8 Å². The highest BCUT2D eigenvalue weighted by molar-refractivity contribution is 9.10. The molecule has 2 N–H and O–H groups in total. The van der Waals surface area contributed by atoms with Gasteiger partial charge in [-0.15, -0.1) is 0 Å². The Hall–Kier alpha value is -1.19. The van der Waals surface area contributed by atoms with Crippen LogP contribution < -0.4 is 9.47 Å². The van der Waals surface area contributed by atoms with Gasteiger partial charge in [-0.3, -0.25) is 9.11 Å². The van der Waals surface area contributed by atoms with E-state index in [2.05, 4.69) is 15.9 Å². The van der Waals surface area contributed by atoms with Gasteiger partial charge in [0.15, 0.2) is 5.88 Å². The maximum absolute atomic E-state index is 11.6. The van der Waals surface area contributed by atoms with E-state index in [1.807, 2.05) is 0 Å². The van der Waals surface area contributed by atoms with Crippen LogP contribution >= 0.6 is 50.6 Å². The second-order valence-corrected chi connectivity index (χ2v) is 12.8. The molecule has 14 heteroatoms. The molecule has 0 saturated heterocycles. The van der Waals surface area contributed by atoms with Crippen molar-refractivity contribution in [2.45, 2.75) is 10.8 Å². The molecule has 2 aromatic carbocycles. The van der Waals surface area contributed by atoms with Crippen LogP contribution in [0.1, 0.15) is 5.01 Å². The number of thiazole rings is 1. The Balaban J connectivity index is 1.89. The zero-order valence-electron chi connectivity index (χ0n) is 15.3. The molecule has 3 aromatic rings. The van der Waals surface area contributed by atoms with Crippen molar-refractivity contribution in [3.8, 4) is 0 Å². The molecule has 0 atom stereocenters. The average Bonchev–Trinajstić information content (AvgIpc) is 3.11. The highest BCUT2D eigenvalue weighted by Crippen LogP contribution is 2.48. The number of fused-ring (bicyclic) bond motifs is 2. The lowest BCUT2D eigenvalue weighted by Gasteiger charge is -2.18. The molecule has 4 rings (SSSR count). The molecule has 0 radical (unpaired) electrons. The third-order valence-electron chi connectivity index (χ3n) is 4.22. The quantitative estimate of drug-likeness (QED) is 0.339. The Labute approximate surface area is 199 Å². The van der Waals surface area contributed by atoms with Crippen LogP contribution in [0.5, 0.6) is 0 Å². The van der Waals surface area contributed by atoms with Crippen LogP contribution in [0.4, 0.5) is 5.69 Å². The molecular formula is C17H13BrClN2O6S4+. The van der Waals surface area contributed by atoms with E-state index >= 15 is 0 Å². The summed E-state index contributed by atoms with van der Waals surface area (Å²) in [6.07, 6.45) is 1.62. The summed E-state index contributed by atoms with van der Waals surface area (Å²) in [5.41, 5.74) is 1.08. The van der Waals surface area contributed by atoms with E-state index in [1.165, 1.54) is 32.6 Å². The predicted molar refractivity (Wildman–Crippen MR) is 125 cm³/mol. The summed E-state index contributed by atoms with van der Waals surface area (Å²) in [5.74, 6) is -1.38. The lowest BCUT2D eigenvalue weighted by molar-refractivity contribution is -0.649. The van der Waals surface area contributed by atoms with Gasteiger partial charge in [-0.1, -0.05) is 50.6 Å². The van der Waals surface area contributed by atoms with E-state index in [-0.39, 0.29) is 0 Å². The first-order chi connectivity index (χ1) is 14.4. The van der Waals surface area contributed by atoms with Gasteiger partial charge < -0.3 is 4.90 Å². The summed E-state index contributed by atoms with van der Waals surface area (Å²) in [4.78, 5) is 2.11. The Kier molecular flexibility index (Phi) is 6.15. The summed E-state index contributed by atoms with van der Waals surface area (Å²) in [6.45, 7) is 0. The maximum atomic E-state index is 11.6. The molecule has 1 aliphatic rings. The molecule has 2 heterocycles. The van der Waals surface area contributed by atoms with E-state index in [9.17, 15) is 25.9 Å². The summed E-state index contributed by atoms with van der Waals surface area (Å²) >= 11 is 12.0. The first-order valence-corrected chi connectivity index (χ1v) is 14.4. The van der Waals surface area contributed by atoms with E-state index in [1.54, 1.807) is 42.5 Å². The SMILES string of the molecule is O=S(=O)(O)CN1C(=Cc2sc3ccc(Br)cc3[n+]2CS(=O)(=O)O)Sc2ccc(Cl)cc21. The van der Waals surface area contributed by atoms with Crippen molar-refractivity contribution >= 4 is 92.8 Å². The van der Waals surface area contributed by atoms with Crippen LogP contribution in [0.3, 0.4) is 0 Å². The molecule has 1 aromatic heterocycles. The summed E-state index contributed by atoms with van der Waals surface area (Å²) in [6, 6.07) is 10.3. The topological polar surface area (TPSA) is 116 Å². The highest BCUT2D eigenvalue weighted by Gasteiger charge is 2.31. The minimum atomic E-state index is -4.37. The Bertz CT molecular complexity index is 1450. The minimum Gasteiger partial charge on any atom is -0.317 e. The fourth-order valence-electron chi connectivity index (χ4n) is 3.06. The van der Waals surface area contributed by atoms with E-state index in [4.69, 9.17) is 11.6 Å². The lowest BCUT2D eigenvalue weighted by Crippen LogP contribution is -2.39. The molecule has 164 valence electrons. The average molecular weight is 585 g/mol. The van der Waals surface area contributed by atoms with Crippen LogP contribution in [0.15, 0.2) is 50.8 Å². The third kappa shape index (κ3) is 5.25. The Morgan fingerprint density at radius 1 is 1.10 bits per heavy atom. The second kappa shape index (κ2) is 8.30. The van der Waals surface area contributed by atoms with Crippen molar-refractivity contribution in [3.63, 3.8) is 0 Å². The van der Waals surface area contributed by atoms with Gasteiger partial charge in [0.1, 0.15) is 4.70 Å². The number of thioether (sulfide) groups is 1. The number of aromatic nitrogens is 1. The van der Waals surface area contributed by atoms with Crippen molar-refractivity contribution in [2.24, 2.45) is 0 Å². The van der Waals surface area contributed by atoms with E-state index < -0.39 is 32.0 Å². The number of benzene rings is 2. The minimum absolute atomic E-state index is 0.397. The van der Waals surface area contributed by atoms with Gasteiger partial charge in [0.2, 0.25) is 5.52 Å². The predicted octanol–water partition coefficient (Wildman–Crippen LogP) is 4.21. The summed E-state index contributed by atoms with van der Waals surface area (Å²) in [7, 11) is -8.73. The monoisotopic (exact) mass is 583 g/mol. The fourth-order valence-corrected chi connectivity index (χ4v) is 7.18.